The Morgan fingerprint density at radius 3 is 3.25 bits per heavy atom. The quantitative estimate of drug-likeness (QED) is 0.864. The fraction of sp³-hybridized carbons (Fsp3) is 0.533. The summed E-state index contributed by atoms with van der Waals surface area (Å²) in [6.07, 6.45) is 1.32. The zero-order valence-electron chi connectivity index (χ0n) is 11.6. The number of morpholine rings is 1. The van der Waals surface area contributed by atoms with Gasteiger partial charge in [-0.2, -0.15) is 0 Å². The van der Waals surface area contributed by atoms with Gasteiger partial charge in [-0.25, -0.2) is 0 Å². The van der Waals surface area contributed by atoms with Gasteiger partial charge >= 0.3 is 0 Å². The van der Waals surface area contributed by atoms with Crippen molar-refractivity contribution in [3.05, 3.63) is 21.9 Å². The largest absolute Gasteiger partial charge is 0.395 e. The average molecular weight is 293 g/mol. The molecule has 1 aromatic rings. The van der Waals surface area contributed by atoms with Crippen molar-refractivity contribution < 1.29 is 14.6 Å². The molecular formula is C15H19NO3S. The van der Waals surface area contributed by atoms with E-state index in [1.54, 1.807) is 0 Å². The first-order valence-corrected chi connectivity index (χ1v) is 7.71. The Hall–Kier alpha value is -1.35. The van der Waals surface area contributed by atoms with Gasteiger partial charge in [-0.05, 0) is 17.9 Å². The molecule has 0 saturated carbocycles. The van der Waals surface area contributed by atoms with Crippen LogP contribution in [0.15, 0.2) is 11.4 Å². The molecular weight excluding hydrogens is 274 g/mol. The van der Waals surface area contributed by atoms with Gasteiger partial charge in [-0.3, -0.25) is 4.79 Å². The normalized spacial score (nSPS) is 18.5. The Bertz CT molecular complexity index is 515. The molecule has 1 N–H and O–H groups in total. The van der Waals surface area contributed by atoms with Crippen molar-refractivity contribution in [3.8, 4) is 11.8 Å². The molecule has 2 rings (SSSR count). The number of thiophene rings is 1. The molecule has 1 aliphatic heterocycles. The molecule has 1 aliphatic rings. The number of ether oxygens (including phenoxy) is 1. The number of carbonyl (C=O) groups excluding carboxylic acids is 1. The molecule has 108 valence electrons. The zero-order valence-corrected chi connectivity index (χ0v) is 12.4. The van der Waals surface area contributed by atoms with E-state index in [1.165, 1.54) is 11.3 Å². The first kappa shape index (κ1) is 15.0. The number of hydrogen-bond acceptors (Lipinski definition) is 4. The molecule has 1 aromatic heterocycles. The first-order valence-electron chi connectivity index (χ1n) is 6.83. The van der Waals surface area contributed by atoms with Crippen LogP contribution in [0.1, 0.15) is 35.0 Å². The lowest BCUT2D eigenvalue weighted by atomic mass is 10.1. The lowest BCUT2D eigenvalue weighted by Gasteiger charge is -2.34. The molecule has 0 radical (unpaired) electrons. The van der Waals surface area contributed by atoms with E-state index >= 15 is 0 Å². The highest BCUT2D eigenvalue weighted by molar-refractivity contribution is 7.12. The fourth-order valence-electron chi connectivity index (χ4n) is 2.18. The van der Waals surface area contributed by atoms with Crippen LogP contribution < -0.4 is 0 Å². The van der Waals surface area contributed by atoms with Crippen LogP contribution in [0.4, 0.5) is 0 Å². The van der Waals surface area contributed by atoms with Crippen molar-refractivity contribution in [1.82, 2.24) is 4.90 Å². The highest BCUT2D eigenvalue weighted by Gasteiger charge is 2.28. The maximum absolute atomic E-state index is 12.6. The van der Waals surface area contributed by atoms with E-state index in [2.05, 4.69) is 18.8 Å². The van der Waals surface area contributed by atoms with E-state index in [-0.39, 0.29) is 18.6 Å². The van der Waals surface area contributed by atoms with E-state index in [0.29, 0.717) is 31.1 Å². The molecule has 1 atom stereocenters. The number of amides is 1. The minimum atomic E-state index is 0.0434. The number of rotatable bonds is 3. The molecule has 1 saturated heterocycles. The smallest absolute Gasteiger partial charge is 0.265 e. The molecule has 4 nitrogen and oxygen atoms in total. The van der Waals surface area contributed by atoms with Crippen LogP contribution in [-0.4, -0.2) is 48.3 Å². The van der Waals surface area contributed by atoms with Crippen LogP contribution in [0.25, 0.3) is 0 Å². The number of aliphatic hydroxyl groups excluding tert-OH is 1. The molecule has 0 aliphatic carbocycles. The Labute approximate surface area is 123 Å². The second kappa shape index (κ2) is 7.44. The van der Waals surface area contributed by atoms with E-state index in [9.17, 15) is 4.79 Å². The minimum absolute atomic E-state index is 0.0434. The van der Waals surface area contributed by atoms with Crippen molar-refractivity contribution >= 4 is 17.2 Å². The Morgan fingerprint density at radius 2 is 2.50 bits per heavy atom. The lowest BCUT2D eigenvalue weighted by molar-refractivity contribution is -0.00254. The van der Waals surface area contributed by atoms with Gasteiger partial charge in [0.2, 0.25) is 0 Å². The number of aliphatic hydroxyl groups is 1. The van der Waals surface area contributed by atoms with E-state index in [1.807, 2.05) is 16.3 Å². The van der Waals surface area contributed by atoms with Gasteiger partial charge < -0.3 is 14.7 Å². The van der Waals surface area contributed by atoms with Crippen molar-refractivity contribution in [2.75, 3.05) is 26.4 Å². The Kier molecular flexibility index (Phi) is 5.60. The van der Waals surface area contributed by atoms with Gasteiger partial charge in [0.25, 0.3) is 5.91 Å². The lowest BCUT2D eigenvalue weighted by Crippen LogP contribution is -2.48. The summed E-state index contributed by atoms with van der Waals surface area (Å²) in [5.41, 5.74) is 0.759. The average Bonchev–Trinajstić information content (AvgIpc) is 2.95. The molecule has 1 amide bonds. The summed E-state index contributed by atoms with van der Waals surface area (Å²) in [6, 6.07) is 2.01. The first-order chi connectivity index (χ1) is 9.77. The van der Waals surface area contributed by atoms with Gasteiger partial charge in [-0.1, -0.05) is 18.8 Å². The monoisotopic (exact) mass is 293 g/mol. The highest BCUT2D eigenvalue weighted by atomic mass is 32.1. The molecule has 20 heavy (non-hydrogen) atoms. The van der Waals surface area contributed by atoms with Crippen molar-refractivity contribution in [3.63, 3.8) is 0 Å². The molecule has 2 heterocycles. The maximum atomic E-state index is 12.6. The van der Waals surface area contributed by atoms with Crippen LogP contribution in [0.3, 0.4) is 0 Å². The summed E-state index contributed by atoms with van der Waals surface area (Å²) >= 11 is 1.42. The summed E-state index contributed by atoms with van der Waals surface area (Å²) in [5.74, 6) is 5.89. The summed E-state index contributed by atoms with van der Waals surface area (Å²) < 4.78 is 5.43. The standard InChI is InChI=1S/C15H19NO3S/c1-2-13-11-19-9-7-16(13)15(18)14-12(6-10-20-14)5-3-4-8-17/h6,10,13,17H,2,4,7-9,11H2,1H3. The van der Waals surface area contributed by atoms with E-state index in [4.69, 9.17) is 9.84 Å². The van der Waals surface area contributed by atoms with Crippen molar-refractivity contribution in [2.24, 2.45) is 0 Å². The summed E-state index contributed by atoms with van der Waals surface area (Å²) in [7, 11) is 0. The van der Waals surface area contributed by atoms with Gasteiger partial charge in [0.05, 0.1) is 25.9 Å². The van der Waals surface area contributed by atoms with Crippen LogP contribution >= 0.6 is 11.3 Å². The van der Waals surface area contributed by atoms with Crippen LogP contribution in [0, 0.1) is 11.8 Å². The maximum Gasteiger partial charge on any atom is 0.265 e. The number of carbonyl (C=O) groups is 1. The predicted octanol–water partition coefficient (Wildman–Crippen LogP) is 1.73. The van der Waals surface area contributed by atoms with Crippen molar-refractivity contribution in [1.29, 1.82) is 0 Å². The van der Waals surface area contributed by atoms with Crippen molar-refractivity contribution in [2.45, 2.75) is 25.8 Å². The Morgan fingerprint density at radius 1 is 1.65 bits per heavy atom. The summed E-state index contributed by atoms with van der Waals surface area (Å²) in [4.78, 5) is 15.2. The van der Waals surface area contributed by atoms with E-state index in [0.717, 1.165) is 12.0 Å². The molecule has 1 unspecified atom stereocenters. The van der Waals surface area contributed by atoms with Gasteiger partial charge in [-0.15, -0.1) is 11.3 Å². The summed E-state index contributed by atoms with van der Waals surface area (Å²) in [6.45, 7) is 3.95. The van der Waals surface area contributed by atoms with E-state index < -0.39 is 0 Å². The number of nitrogens with zero attached hydrogens (tertiary/aromatic N) is 1. The second-order valence-corrected chi connectivity index (χ2v) is 5.49. The molecule has 5 heteroatoms. The minimum Gasteiger partial charge on any atom is -0.395 e. The SMILES string of the molecule is CCC1COCCN1C(=O)c1sccc1C#CCCO. The molecule has 0 bridgehead atoms. The third-order valence-electron chi connectivity index (χ3n) is 3.28. The van der Waals surface area contributed by atoms with Gasteiger partial charge in [0.15, 0.2) is 0 Å². The van der Waals surface area contributed by atoms with Crippen LogP contribution in [0.2, 0.25) is 0 Å². The topological polar surface area (TPSA) is 49.8 Å². The van der Waals surface area contributed by atoms with Gasteiger partial charge in [0, 0.05) is 18.5 Å². The molecule has 0 spiro atoms. The third-order valence-corrected chi connectivity index (χ3v) is 4.18. The predicted molar refractivity (Wildman–Crippen MR) is 78.8 cm³/mol. The number of hydrogen-bond donors (Lipinski definition) is 1. The van der Waals surface area contributed by atoms with Gasteiger partial charge in [0.1, 0.15) is 4.88 Å². The summed E-state index contributed by atoms with van der Waals surface area (Å²) in [5, 5.41) is 10.6. The molecule has 1 fully saturated rings. The fourth-order valence-corrected chi connectivity index (χ4v) is 2.98. The zero-order chi connectivity index (χ0) is 14.4. The van der Waals surface area contributed by atoms with Crippen LogP contribution in [-0.2, 0) is 4.74 Å². The third kappa shape index (κ3) is 3.40. The second-order valence-electron chi connectivity index (χ2n) is 4.57. The molecule has 0 aromatic carbocycles. The van der Waals surface area contributed by atoms with Crippen LogP contribution in [0.5, 0.6) is 0 Å². The highest BCUT2D eigenvalue weighted by Crippen LogP contribution is 2.21. The Balaban J connectivity index is 2.17.